The number of rotatable bonds is 6. The van der Waals surface area contributed by atoms with Gasteiger partial charge in [-0.15, -0.1) is 0 Å². The third-order valence-electron chi connectivity index (χ3n) is 4.65. The van der Waals surface area contributed by atoms with E-state index in [1.54, 1.807) is 38.3 Å². The average Bonchev–Trinajstić information content (AvgIpc) is 3.23. The van der Waals surface area contributed by atoms with E-state index in [1.165, 1.54) is 16.1 Å². The van der Waals surface area contributed by atoms with Crippen LogP contribution in [-0.4, -0.2) is 59.3 Å². The summed E-state index contributed by atoms with van der Waals surface area (Å²) in [6.45, 7) is 3.20. The molecule has 1 fully saturated rings. The second-order valence-corrected chi connectivity index (χ2v) is 6.41. The number of methoxy groups -OCH3 is 1. The molecule has 0 aliphatic carbocycles. The summed E-state index contributed by atoms with van der Waals surface area (Å²) < 4.78 is 10.5. The van der Waals surface area contributed by atoms with Crippen molar-refractivity contribution in [1.82, 2.24) is 14.7 Å². The molecule has 8 nitrogen and oxygen atoms in total. The molecular formula is C20H23N3O5. The molecule has 28 heavy (non-hydrogen) atoms. The Labute approximate surface area is 163 Å². The lowest BCUT2D eigenvalue weighted by molar-refractivity contribution is -0.154. The van der Waals surface area contributed by atoms with Gasteiger partial charge in [-0.05, 0) is 36.8 Å². The van der Waals surface area contributed by atoms with Gasteiger partial charge in [-0.2, -0.15) is 0 Å². The van der Waals surface area contributed by atoms with Crippen LogP contribution in [0.1, 0.15) is 18.2 Å². The number of piperazine rings is 1. The molecule has 0 bridgehead atoms. The highest BCUT2D eigenvalue weighted by Crippen LogP contribution is 2.18. The molecule has 0 atom stereocenters. The second-order valence-electron chi connectivity index (χ2n) is 6.41. The van der Waals surface area contributed by atoms with Crippen molar-refractivity contribution in [3.63, 3.8) is 0 Å². The number of furan rings is 1. The van der Waals surface area contributed by atoms with E-state index in [0.29, 0.717) is 24.6 Å². The Morgan fingerprint density at radius 2 is 1.86 bits per heavy atom. The van der Waals surface area contributed by atoms with E-state index in [9.17, 15) is 14.4 Å². The third-order valence-corrected chi connectivity index (χ3v) is 4.65. The number of hydrogen-bond acceptors (Lipinski definition) is 5. The zero-order valence-electron chi connectivity index (χ0n) is 16.0. The van der Waals surface area contributed by atoms with Crippen LogP contribution in [0, 0.1) is 0 Å². The van der Waals surface area contributed by atoms with Crippen LogP contribution in [-0.2, 0) is 22.7 Å². The Hall–Kier alpha value is -3.29. The lowest BCUT2D eigenvalue weighted by atomic mass is 10.2. The maximum absolute atomic E-state index is 13.1. The molecule has 1 aliphatic rings. The number of carbonyl (C=O) groups is 3. The number of hydrogen-bond donors (Lipinski definition) is 0. The summed E-state index contributed by atoms with van der Waals surface area (Å²) in [5, 5.41) is 0. The third kappa shape index (κ3) is 4.16. The van der Waals surface area contributed by atoms with Crippen LogP contribution in [0.3, 0.4) is 0 Å². The smallest absolute Gasteiger partial charge is 0.327 e. The molecule has 148 valence electrons. The van der Waals surface area contributed by atoms with E-state index in [1.807, 2.05) is 12.1 Å². The van der Waals surface area contributed by atoms with E-state index in [2.05, 4.69) is 0 Å². The van der Waals surface area contributed by atoms with Gasteiger partial charge < -0.3 is 19.0 Å². The van der Waals surface area contributed by atoms with Gasteiger partial charge in [0.2, 0.25) is 0 Å². The number of likely N-dealkylation sites (N-methyl/N-ethyl adjacent to an activating group) is 1. The largest absolute Gasteiger partial charge is 0.497 e. The topological polar surface area (TPSA) is 83.3 Å². The van der Waals surface area contributed by atoms with Gasteiger partial charge in [-0.1, -0.05) is 12.1 Å². The maximum Gasteiger partial charge on any atom is 0.327 e. The summed E-state index contributed by atoms with van der Waals surface area (Å²) in [6, 6.07) is 10.3. The van der Waals surface area contributed by atoms with Crippen LogP contribution in [0.4, 0.5) is 4.79 Å². The van der Waals surface area contributed by atoms with E-state index < -0.39 is 17.8 Å². The number of carbonyl (C=O) groups excluding carboxylic acids is 3. The van der Waals surface area contributed by atoms with Crippen LogP contribution in [0.25, 0.3) is 0 Å². The number of imide groups is 1. The highest BCUT2D eigenvalue weighted by molar-refractivity contribution is 6.38. The van der Waals surface area contributed by atoms with Gasteiger partial charge in [-0.25, -0.2) is 4.79 Å². The summed E-state index contributed by atoms with van der Waals surface area (Å²) in [5.41, 5.74) is 0.867. The number of nitrogens with zero attached hydrogens (tertiary/aromatic N) is 3. The molecule has 0 spiro atoms. The van der Waals surface area contributed by atoms with Gasteiger partial charge in [0, 0.05) is 26.2 Å². The quantitative estimate of drug-likeness (QED) is 0.711. The summed E-state index contributed by atoms with van der Waals surface area (Å²) in [4.78, 5) is 41.6. The highest BCUT2D eigenvalue weighted by atomic mass is 16.5. The summed E-state index contributed by atoms with van der Waals surface area (Å²) in [5.74, 6) is -0.140. The molecule has 0 unspecified atom stereocenters. The van der Waals surface area contributed by atoms with Gasteiger partial charge in [-0.3, -0.25) is 14.5 Å². The van der Waals surface area contributed by atoms with Gasteiger partial charge >= 0.3 is 17.8 Å². The fourth-order valence-electron chi connectivity index (χ4n) is 3.06. The first-order valence-electron chi connectivity index (χ1n) is 9.08. The minimum Gasteiger partial charge on any atom is -0.497 e. The molecule has 2 aromatic rings. The molecule has 3 rings (SSSR count). The average molecular weight is 385 g/mol. The molecule has 1 aromatic heterocycles. The predicted octanol–water partition coefficient (Wildman–Crippen LogP) is 2.10. The fourth-order valence-corrected chi connectivity index (χ4v) is 3.06. The first kappa shape index (κ1) is 19.5. The Balaban J connectivity index is 1.80. The van der Waals surface area contributed by atoms with Crippen LogP contribution < -0.4 is 4.74 Å². The number of ether oxygens (including phenoxy) is 1. The van der Waals surface area contributed by atoms with Crippen molar-refractivity contribution in [3.05, 3.63) is 54.0 Å². The first-order chi connectivity index (χ1) is 13.5. The van der Waals surface area contributed by atoms with Crippen LogP contribution in [0.5, 0.6) is 5.75 Å². The molecular weight excluding hydrogens is 362 g/mol. The van der Waals surface area contributed by atoms with Crippen molar-refractivity contribution in [2.24, 2.45) is 0 Å². The zero-order valence-corrected chi connectivity index (χ0v) is 16.0. The van der Waals surface area contributed by atoms with Gasteiger partial charge in [0.05, 0.1) is 19.9 Å². The standard InChI is InChI=1S/C20H23N3O5/c1-3-21-10-11-23(19(25)18(21)24)20(26)22(14-17-5-4-12-28-17)13-15-6-8-16(27-2)9-7-15/h4-9,12H,3,10-11,13-14H2,1-2H3. The monoisotopic (exact) mass is 385 g/mol. The summed E-state index contributed by atoms with van der Waals surface area (Å²) >= 11 is 0. The molecule has 2 heterocycles. The molecule has 1 aromatic carbocycles. The van der Waals surface area contributed by atoms with Crippen molar-refractivity contribution in [2.45, 2.75) is 20.0 Å². The van der Waals surface area contributed by atoms with Crippen LogP contribution in [0.15, 0.2) is 47.1 Å². The minimum atomic E-state index is -0.794. The van der Waals surface area contributed by atoms with Gasteiger partial charge in [0.15, 0.2) is 0 Å². The Morgan fingerprint density at radius 1 is 1.11 bits per heavy atom. The Kier molecular flexibility index (Phi) is 5.98. The van der Waals surface area contributed by atoms with Crippen molar-refractivity contribution in [2.75, 3.05) is 26.7 Å². The Morgan fingerprint density at radius 3 is 2.46 bits per heavy atom. The van der Waals surface area contributed by atoms with Crippen LogP contribution >= 0.6 is 0 Å². The van der Waals surface area contributed by atoms with E-state index in [0.717, 1.165) is 10.5 Å². The number of amides is 4. The Bertz CT molecular complexity index is 832. The number of urea groups is 1. The van der Waals surface area contributed by atoms with Gasteiger partial charge in [0.1, 0.15) is 11.5 Å². The predicted molar refractivity (Wildman–Crippen MR) is 100 cm³/mol. The van der Waals surface area contributed by atoms with E-state index in [-0.39, 0.29) is 19.6 Å². The second kappa shape index (κ2) is 8.60. The summed E-state index contributed by atoms with van der Waals surface area (Å²) in [7, 11) is 1.58. The SMILES string of the molecule is CCN1CCN(C(=O)N(Cc2ccc(OC)cc2)Cc2ccco2)C(=O)C1=O. The van der Waals surface area contributed by atoms with Crippen molar-refractivity contribution in [3.8, 4) is 5.75 Å². The van der Waals surface area contributed by atoms with E-state index >= 15 is 0 Å². The molecule has 0 saturated carbocycles. The van der Waals surface area contributed by atoms with Crippen molar-refractivity contribution >= 4 is 17.8 Å². The molecule has 4 amide bonds. The van der Waals surface area contributed by atoms with E-state index in [4.69, 9.17) is 9.15 Å². The first-order valence-corrected chi connectivity index (χ1v) is 9.08. The molecule has 0 N–H and O–H groups in total. The highest BCUT2D eigenvalue weighted by Gasteiger charge is 2.37. The van der Waals surface area contributed by atoms with Gasteiger partial charge in [0.25, 0.3) is 0 Å². The maximum atomic E-state index is 13.1. The fraction of sp³-hybridized carbons (Fsp3) is 0.350. The molecule has 0 radical (unpaired) electrons. The molecule has 8 heteroatoms. The normalized spacial score (nSPS) is 14.4. The van der Waals surface area contributed by atoms with Crippen molar-refractivity contribution in [1.29, 1.82) is 0 Å². The van der Waals surface area contributed by atoms with Crippen LogP contribution in [0.2, 0.25) is 0 Å². The zero-order chi connectivity index (χ0) is 20.1. The van der Waals surface area contributed by atoms with Crippen molar-refractivity contribution < 1.29 is 23.5 Å². The molecule has 1 aliphatic heterocycles. The minimum absolute atomic E-state index is 0.175. The lowest BCUT2D eigenvalue weighted by Crippen LogP contribution is -2.58. The lowest BCUT2D eigenvalue weighted by Gasteiger charge is -2.35. The summed E-state index contributed by atoms with van der Waals surface area (Å²) in [6.07, 6.45) is 1.53. The number of benzene rings is 1. The molecule has 1 saturated heterocycles.